The molecule has 0 unspecified atom stereocenters. The summed E-state index contributed by atoms with van der Waals surface area (Å²) in [5.41, 5.74) is 9.21. The van der Waals surface area contributed by atoms with E-state index >= 15 is 0 Å². The minimum Gasteiger partial charge on any atom is -0.396 e. The van der Waals surface area contributed by atoms with Crippen LogP contribution in [0.15, 0.2) is 36.4 Å². The average molecular weight is 269 g/mol. The van der Waals surface area contributed by atoms with Gasteiger partial charge in [-0.2, -0.15) is 0 Å². The molecular formula is C17H16FNO. The summed E-state index contributed by atoms with van der Waals surface area (Å²) >= 11 is 0. The third-order valence-corrected chi connectivity index (χ3v) is 3.87. The van der Waals surface area contributed by atoms with Crippen LogP contribution in [0.25, 0.3) is 0 Å². The monoisotopic (exact) mass is 269 g/mol. The maximum absolute atomic E-state index is 13.2. The number of aryl methyl sites for hydroxylation is 2. The second kappa shape index (κ2) is 5.08. The molecule has 0 aliphatic heterocycles. The first kappa shape index (κ1) is 12.9. The van der Waals surface area contributed by atoms with E-state index in [9.17, 15) is 9.18 Å². The second-order valence-corrected chi connectivity index (χ2v) is 5.26. The molecule has 0 aromatic heterocycles. The summed E-state index contributed by atoms with van der Waals surface area (Å²) in [6.07, 6.45) is 4.51. The Hall–Kier alpha value is -2.16. The van der Waals surface area contributed by atoms with E-state index in [0.717, 1.165) is 12.8 Å². The van der Waals surface area contributed by atoms with E-state index in [-0.39, 0.29) is 11.5 Å². The summed E-state index contributed by atoms with van der Waals surface area (Å²) < 4.78 is 13.2. The zero-order chi connectivity index (χ0) is 14.1. The molecule has 0 heterocycles. The van der Waals surface area contributed by atoms with Gasteiger partial charge in [0.25, 0.3) is 0 Å². The van der Waals surface area contributed by atoms with Crippen LogP contribution in [0, 0.1) is 5.82 Å². The Morgan fingerprint density at radius 3 is 2.35 bits per heavy atom. The van der Waals surface area contributed by atoms with Crippen molar-refractivity contribution in [3.05, 3.63) is 64.5 Å². The summed E-state index contributed by atoms with van der Waals surface area (Å²) in [6, 6.07) is 9.97. The fraction of sp³-hybridized carbons (Fsp3) is 0.235. The fourth-order valence-corrected chi connectivity index (χ4v) is 2.73. The van der Waals surface area contributed by atoms with Crippen molar-refractivity contribution >= 4 is 11.5 Å². The average Bonchev–Trinajstić information content (AvgIpc) is 2.49. The van der Waals surface area contributed by atoms with Gasteiger partial charge in [0, 0.05) is 11.1 Å². The number of anilines is 1. The van der Waals surface area contributed by atoms with Gasteiger partial charge in [0.15, 0.2) is 5.78 Å². The first-order chi connectivity index (χ1) is 9.65. The summed E-state index contributed by atoms with van der Waals surface area (Å²) in [7, 11) is 0. The van der Waals surface area contributed by atoms with Crippen LogP contribution in [0.3, 0.4) is 0 Å². The lowest BCUT2D eigenvalue weighted by atomic mass is 9.89. The van der Waals surface area contributed by atoms with Gasteiger partial charge in [0.2, 0.25) is 0 Å². The SMILES string of the molecule is Nc1cc(C(=O)c2ccc3c(c2)CCCC3)ccc1F. The molecule has 0 saturated carbocycles. The molecule has 0 radical (unpaired) electrons. The van der Waals surface area contributed by atoms with Crippen molar-refractivity contribution < 1.29 is 9.18 Å². The predicted molar refractivity (Wildman–Crippen MR) is 77.3 cm³/mol. The number of nitrogen functional groups attached to an aromatic ring is 1. The van der Waals surface area contributed by atoms with E-state index in [1.807, 2.05) is 18.2 Å². The lowest BCUT2D eigenvalue weighted by Crippen LogP contribution is -2.07. The van der Waals surface area contributed by atoms with Gasteiger partial charge in [-0.05, 0) is 61.1 Å². The third kappa shape index (κ3) is 2.31. The topological polar surface area (TPSA) is 43.1 Å². The maximum atomic E-state index is 13.2. The molecule has 0 fully saturated rings. The van der Waals surface area contributed by atoms with Crippen molar-refractivity contribution in [3.8, 4) is 0 Å². The number of hydrogen-bond donors (Lipinski definition) is 1. The molecule has 0 bridgehead atoms. The minimum absolute atomic E-state index is 0.00816. The van der Waals surface area contributed by atoms with E-state index in [1.165, 1.54) is 42.2 Å². The van der Waals surface area contributed by atoms with Crippen molar-refractivity contribution in [2.45, 2.75) is 25.7 Å². The highest BCUT2D eigenvalue weighted by atomic mass is 19.1. The molecule has 20 heavy (non-hydrogen) atoms. The summed E-state index contributed by atoms with van der Waals surface area (Å²) in [4.78, 5) is 12.4. The van der Waals surface area contributed by atoms with Crippen LogP contribution in [0.5, 0.6) is 0 Å². The third-order valence-electron chi connectivity index (χ3n) is 3.87. The highest BCUT2D eigenvalue weighted by Gasteiger charge is 2.15. The Kier molecular flexibility index (Phi) is 3.26. The van der Waals surface area contributed by atoms with Gasteiger partial charge in [-0.25, -0.2) is 4.39 Å². The molecule has 0 saturated heterocycles. The Bertz CT molecular complexity index is 679. The van der Waals surface area contributed by atoms with E-state index in [1.54, 1.807) is 0 Å². The van der Waals surface area contributed by atoms with E-state index in [4.69, 9.17) is 5.73 Å². The van der Waals surface area contributed by atoms with E-state index in [0.29, 0.717) is 11.1 Å². The number of halogens is 1. The van der Waals surface area contributed by atoms with Crippen LogP contribution in [0.2, 0.25) is 0 Å². The molecule has 1 aliphatic carbocycles. The molecule has 0 atom stereocenters. The van der Waals surface area contributed by atoms with Gasteiger partial charge < -0.3 is 5.73 Å². The molecular weight excluding hydrogens is 253 g/mol. The van der Waals surface area contributed by atoms with Crippen molar-refractivity contribution in [1.29, 1.82) is 0 Å². The zero-order valence-electron chi connectivity index (χ0n) is 11.2. The number of hydrogen-bond acceptors (Lipinski definition) is 2. The van der Waals surface area contributed by atoms with Crippen LogP contribution in [0.4, 0.5) is 10.1 Å². The maximum Gasteiger partial charge on any atom is 0.193 e. The van der Waals surface area contributed by atoms with Gasteiger partial charge in [0.1, 0.15) is 5.82 Å². The Labute approximate surface area is 117 Å². The quantitative estimate of drug-likeness (QED) is 0.669. The Morgan fingerprint density at radius 1 is 0.950 bits per heavy atom. The molecule has 2 nitrogen and oxygen atoms in total. The van der Waals surface area contributed by atoms with Crippen LogP contribution >= 0.6 is 0 Å². The summed E-state index contributed by atoms with van der Waals surface area (Å²) in [5, 5.41) is 0. The Morgan fingerprint density at radius 2 is 1.60 bits per heavy atom. The minimum atomic E-state index is -0.494. The number of fused-ring (bicyclic) bond motifs is 1. The molecule has 1 aliphatic rings. The highest BCUT2D eigenvalue weighted by Crippen LogP contribution is 2.24. The zero-order valence-corrected chi connectivity index (χ0v) is 11.2. The van der Waals surface area contributed by atoms with Crippen LogP contribution in [-0.2, 0) is 12.8 Å². The molecule has 3 heteroatoms. The smallest absolute Gasteiger partial charge is 0.193 e. The number of rotatable bonds is 2. The van der Waals surface area contributed by atoms with E-state index < -0.39 is 5.82 Å². The van der Waals surface area contributed by atoms with Gasteiger partial charge in [-0.15, -0.1) is 0 Å². The molecule has 2 aromatic rings. The normalized spacial score (nSPS) is 13.8. The highest BCUT2D eigenvalue weighted by molar-refractivity contribution is 6.09. The molecule has 0 amide bonds. The number of ketones is 1. The first-order valence-corrected chi connectivity index (χ1v) is 6.86. The number of carbonyl (C=O) groups excluding carboxylic acids is 1. The Balaban J connectivity index is 1.95. The van der Waals surface area contributed by atoms with Crippen LogP contribution in [0.1, 0.15) is 39.9 Å². The molecule has 2 N–H and O–H groups in total. The largest absolute Gasteiger partial charge is 0.396 e. The summed E-state index contributed by atoms with van der Waals surface area (Å²) in [6.45, 7) is 0. The van der Waals surface area contributed by atoms with Gasteiger partial charge >= 0.3 is 0 Å². The standard InChI is InChI=1S/C17H16FNO/c18-15-8-7-14(10-16(15)19)17(20)13-6-5-11-3-1-2-4-12(11)9-13/h5-10H,1-4,19H2. The summed E-state index contributed by atoms with van der Waals surface area (Å²) in [5.74, 6) is -0.600. The van der Waals surface area contributed by atoms with Gasteiger partial charge in [-0.3, -0.25) is 4.79 Å². The number of benzene rings is 2. The van der Waals surface area contributed by atoms with Crippen LogP contribution in [-0.4, -0.2) is 5.78 Å². The lowest BCUT2D eigenvalue weighted by Gasteiger charge is -2.16. The molecule has 102 valence electrons. The second-order valence-electron chi connectivity index (χ2n) is 5.26. The first-order valence-electron chi connectivity index (χ1n) is 6.86. The van der Waals surface area contributed by atoms with Crippen molar-refractivity contribution in [2.24, 2.45) is 0 Å². The van der Waals surface area contributed by atoms with Crippen LogP contribution < -0.4 is 5.73 Å². The predicted octanol–water partition coefficient (Wildman–Crippen LogP) is 3.52. The van der Waals surface area contributed by atoms with Crippen molar-refractivity contribution in [3.63, 3.8) is 0 Å². The lowest BCUT2D eigenvalue weighted by molar-refractivity contribution is 0.103. The molecule has 0 spiro atoms. The van der Waals surface area contributed by atoms with Crippen molar-refractivity contribution in [1.82, 2.24) is 0 Å². The number of nitrogens with two attached hydrogens (primary N) is 1. The molecule has 2 aromatic carbocycles. The van der Waals surface area contributed by atoms with Gasteiger partial charge in [0.05, 0.1) is 5.69 Å². The molecule has 3 rings (SSSR count). The van der Waals surface area contributed by atoms with E-state index in [2.05, 4.69) is 0 Å². The number of carbonyl (C=O) groups is 1. The van der Waals surface area contributed by atoms with Crippen molar-refractivity contribution in [2.75, 3.05) is 5.73 Å². The van der Waals surface area contributed by atoms with Gasteiger partial charge in [-0.1, -0.05) is 12.1 Å². The fourth-order valence-electron chi connectivity index (χ4n) is 2.73.